The number of pyridine rings is 1. The van der Waals surface area contributed by atoms with Crippen LogP contribution in [0.2, 0.25) is 0 Å². The number of fused-ring (bicyclic) bond motifs is 1. The number of amides is 1. The molecule has 1 amide bonds. The van der Waals surface area contributed by atoms with Gasteiger partial charge in [0, 0.05) is 23.9 Å². The van der Waals surface area contributed by atoms with E-state index < -0.39 is 24.9 Å². The van der Waals surface area contributed by atoms with E-state index in [0.29, 0.717) is 19.6 Å². The van der Waals surface area contributed by atoms with Crippen molar-refractivity contribution in [2.24, 2.45) is 5.92 Å². The number of nitrogens with one attached hydrogen (secondary N) is 1. The van der Waals surface area contributed by atoms with Gasteiger partial charge in [-0.05, 0) is 24.1 Å². The van der Waals surface area contributed by atoms with Gasteiger partial charge in [0.1, 0.15) is 0 Å². The van der Waals surface area contributed by atoms with Crippen molar-refractivity contribution in [1.29, 1.82) is 0 Å². The fourth-order valence-electron chi connectivity index (χ4n) is 3.11. The van der Waals surface area contributed by atoms with Crippen LogP contribution in [0, 0.1) is 5.92 Å². The van der Waals surface area contributed by atoms with E-state index in [4.69, 9.17) is 4.74 Å². The first kappa shape index (κ1) is 17.7. The van der Waals surface area contributed by atoms with Crippen molar-refractivity contribution in [3.63, 3.8) is 0 Å². The minimum absolute atomic E-state index is 0.0284. The van der Waals surface area contributed by atoms with E-state index in [2.05, 4.69) is 10.3 Å². The summed E-state index contributed by atoms with van der Waals surface area (Å²) in [5.41, 5.74) is 1.99. The van der Waals surface area contributed by atoms with Crippen LogP contribution < -0.4 is 5.32 Å². The topological polar surface area (TPSA) is 51.2 Å². The SMILES string of the molecule is O=C(CCC(F)(F)F)N[C@H]1COC[C@H]1Cc1ccnc2ccccc12. The zero-order valence-corrected chi connectivity index (χ0v) is 13.6. The second-order valence-electron chi connectivity index (χ2n) is 6.28. The van der Waals surface area contributed by atoms with E-state index in [1.807, 2.05) is 30.3 Å². The summed E-state index contributed by atoms with van der Waals surface area (Å²) in [6.07, 6.45) is -3.56. The molecule has 1 aliphatic rings. The van der Waals surface area contributed by atoms with Crippen LogP contribution in [0.1, 0.15) is 18.4 Å². The van der Waals surface area contributed by atoms with Crippen molar-refractivity contribution >= 4 is 16.8 Å². The summed E-state index contributed by atoms with van der Waals surface area (Å²) in [6.45, 7) is 0.798. The third kappa shape index (κ3) is 4.69. The molecule has 0 bridgehead atoms. The summed E-state index contributed by atoms with van der Waals surface area (Å²) >= 11 is 0. The molecule has 25 heavy (non-hydrogen) atoms. The van der Waals surface area contributed by atoms with Gasteiger partial charge in [0.15, 0.2) is 0 Å². The molecule has 3 rings (SSSR count). The van der Waals surface area contributed by atoms with E-state index in [9.17, 15) is 18.0 Å². The molecule has 1 saturated heterocycles. The number of aromatic nitrogens is 1. The molecule has 0 unspecified atom stereocenters. The van der Waals surface area contributed by atoms with E-state index in [0.717, 1.165) is 16.5 Å². The number of halogens is 3. The van der Waals surface area contributed by atoms with Crippen LogP contribution in [-0.4, -0.2) is 36.3 Å². The van der Waals surface area contributed by atoms with Gasteiger partial charge < -0.3 is 10.1 Å². The molecule has 1 aromatic heterocycles. The average Bonchev–Trinajstić information content (AvgIpc) is 3.00. The number of para-hydroxylation sites is 1. The molecule has 1 aromatic carbocycles. The molecular formula is C18H19F3N2O2. The Morgan fingerprint density at radius 2 is 2.04 bits per heavy atom. The minimum Gasteiger partial charge on any atom is -0.379 e. The highest BCUT2D eigenvalue weighted by Crippen LogP contribution is 2.25. The fraction of sp³-hybridized carbons (Fsp3) is 0.444. The lowest BCUT2D eigenvalue weighted by molar-refractivity contribution is -0.144. The molecule has 0 radical (unpaired) electrons. The van der Waals surface area contributed by atoms with Crippen molar-refractivity contribution in [1.82, 2.24) is 10.3 Å². The van der Waals surface area contributed by atoms with E-state index in [1.54, 1.807) is 6.20 Å². The lowest BCUT2D eigenvalue weighted by Gasteiger charge is -2.20. The molecule has 134 valence electrons. The number of ether oxygens (including phenoxy) is 1. The zero-order chi connectivity index (χ0) is 17.9. The van der Waals surface area contributed by atoms with Crippen LogP contribution in [-0.2, 0) is 16.0 Å². The summed E-state index contributed by atoms with van der Waals surface area (Å²) in [5.74, 6) is -0.557. The molecule has 0 spiro atoms. The lowest BCUT2D eigenvalue weighted by Crippen LogP contribution is -2.40. The van der Waals surface area contributed by atoms with Crippen LogP contribution in [0.4, 0.5) is 13.2 Å². The number of carbonyl (C=O) groups excluding carboxylic acids is 1. The maximum Gasteiger partial charge on any atom is 0.389 e. The van der Waals surface area contributed by atoms with Crippen LogP contribution in [0.3, 0.4) is 0 Å². The molecule has 1 aliphatic heterocycles. The second-order valence-corrected chi connectivity index (χ2v) is 6.28. The van der Waals surface area contributed by atoms with Crippen LogP contribution in [0.15, 0.2) is 36.5 Å². The molecule has 2 heterocycles. The summed E-state index contributed by atoms with van der Waals surface area (Å²) < 4.78 is 42.1. The third-order valence-corrected chi connectivity index (χ3v) is 4.40. The molecule has 7 heteroatoms. The number of nitrogens with zero attached hydrogens (tertiary/aromatic N) is 1. The Bertz CT molecular complexity index is 743. The Hall–Kier alpha value is -2.15. The van der Waals surface area contributed by atoms with Crippen LogP contribution in [0.25, 0.3) is 10.9 Å². The first-order chi connectivity index (χ1) is 11.9. The lowest BCUT2D eigenvalue weighted by atomic mass is 9.93. The highest BCUT2D eigenvalue weighted by Gasteiger charge is 2.32. The average molecular weight is 352 g/mol. The first-order valence-electron chi connectivity index (χ1n) is 8.19. The van der Waals surface area contributed by atoms with Gasteiger partial charge in [-0.15, -0.1) is 0 Å². The highest BCUT2D eigenvalue weighted by atomic mass is 19.4. The number of alkyl halides is 3. The molecule has 1 fully saturated rings. The van der Waals surface area contributed by atoms with Crippen molar-refractivity contribution in [2.75, 3.05) is 13.2 Å². The Balaban J connectivity index is 1.64. The Labute approximate surface area is 143 Å². The molecule has 2 atom stereocenters. The molecule has 1 N–H and O–H groups in total. The largest absolute Gasteiger partial charge is 0.389 e. The van der Waals surface area contributed by atoms with Crippen molar-refractivity contribution in [2.45, 2.75) is 31.5 Å². The molecule has 0 saturated carbocycles. The molecule has 4 nitrogen and oxygen atoms in total. The fourth-order valence-corrected chi connectivity index (χ4v) is 3.11. The molecule has 2 aromatic rings. The quantitative estimate of drug-likeness (QED) is 0.899. The van der Waals surface area contributed by atoms with Crippen LogP contribution >= 0.6 is 0 Å². The smallest absolute Gasteiger partial charge is 0.379 e. The summed E-state index contributed by atoms with van der Waals surface area (Å²) in [6, 6.07) is 9.44. The number of hydrogen-bond acceptors (Lipinski definition) is 3. The van der Waals surface area contributed by atoms with Crippen LogP contribution in [0.5, 0.6) is 0 Å². The van der Waals surface area contributed by atoms with Crippen molar-refractivity contribution < 1.29 is 22.7 Å². The minimum atomic E-state index is -4.32. The molecular weight excluding hydrogens is 333 g/mol. The normalized spacial score (nSPS) is 20.8. The van der Waals surface area contributed by atoms with Gasteiger partial charge in [-0.2, -0.15) is 13.2 Å². The summed E-state index contributed by atoms with van der Waals surface area (Å²) in [7, 11) is 0. The van der Waals surface area contributed by atoms with Gasteiger partial charge in [-0.25, -0.2) is 0 Å². The van der Waals surface area contributed by atoms with Crippen molar-refractivity contribution in [3.8, 4) is 0 Å². The van der Waals surface area contributed by atoms with E-state index >= 15 is 0 Å². The second kappa shape index (κ2) is 7.39. The summed E-state index contributed by atoms with van der Waals surface area (Å²) in [4.78, 5) is 16.1. The predicted molar refractivity (Wildman–Crippen MR) is 87.0 cm³/mol. The number of carbonyl (C=O) groups is 1. The van der Waals surface area contributed by atoms with Gasteiger partial charge in [0.25, 0.3) is 0 Å². The maximum absolute atomic E-state index is 12.2. The molecule has 0 aliphatic carbocycles. The van der Waals surface area contributed by atoms with E-state index in [-0.39, 0.29) is 12.0 Å². The summed E-state index contributed by atoms with van der Waals surface area (Å²) in [5, 5.41) is 3.73. The van der Waals surface area contributed by atoms with Gasteiger partial charge in [-0.3, -0.25) is 9.78 Å². The number of benzene rings is 1. The zero-order valence-electron chi connectivity index (χ0n) is 13.6. The number of rotatable bonds is 5. The van der Waals surface area contributed by atoms with Gasteiger partial charge >= 0.3 is 6.18 Å². The monoisotopic (exact) mass is 352 g/mol. The standard InChI is InChI=1S/C18H19F3N2O2/c19-18(20,21)7-5-17(24)23-16-11-25-10-13(16)9-12-6-8-22-15-4-2-1-3-14(12)15/h1-4,6,8,13,16H,5,7,9-11H2,(H,23,24)/t13-,16+/m1/s1. The Morgan fingerprint density at radius 3 is 2.84 bits per heavy atom. The maximum atomic E-state index is 12.2. The Morgan fingerprint density at radius 1 is 1.24 bits per heavy atom. The predicted octanol–water partition coefficient (Wildman–Crippen LogP) is 3.25. The first-order valence-corrected chi connectivity index (χ1v) is 8.19. The van der Waals surface area contributed by atoms with Crippen molar-refractivity contribution in [3.05, 3.63) is 42.1 Å². The van der Waals surface area contributed by atoms with Gasteiger partial charge in [-0.1, -0.05) is 18.2 Å². The Kier molecular flexibility index (Phi) is 5.22. The van der Waals surface area contributed by atoms with Gasteiger partial charge in [0.2, 0.25) is 5.91 Å². The number of hydrogen-bond donors (Lipinski definition) is 1. The van der Waals surface area contributed by atoms with Gasteiger partial charge in [0.05, 0.1) is 31.2 Å². The van der Waals surface area contributed by atoms with E-state index in [1.165, 1.54) is 0 Å². The third-order valence-electron chi connectivity index (χ3n) is 4.40. The highest BCUT2D eigenvalue weighted by molar-refractivity contribution is 5.81.